The molecule has 1 N–H and O–H groups in total. The molecular weight excluding hydrogens is 304 g/mol. The lowest BCUT2D eigenvalue weighted by molar-refractivity contribution is 0.0926. The van der Waals surface area contributed by atoms with Gasteiger partial charge in [0.1, 0.15) is 18.1 Å². The number of aromatic nitrogens is 1. The van der Waals surface area contributed by atoms with Crippen LogP contribution in [0.2, 0.25) is 0 Å². The highest BCUT2D eigenvalue weighted by atomic mass is 16.5. The second-order valence-corrected chi connectivity index (χ2v) is 6.51. The Kier molecular flexibility index (Phi) is 4.88. The number of carbonyl (C=O) groups excluding carboxylic acids is 1. The first kappa shape index (κ1) is 16.6. The molecule has 1 aromatic carbocycles. The first-order chi connectivity index (χ1) is 11.6. The van der Waals surface area contributed by atoms with Gasteiger partial charge in [0.2, 0.25) is 0 Å². The Morgan fingerprint density at radius 1 is 1.29 bits per heavy atom. The summed E-state index contributed by atoms with van der Waals surface area (Å²) >= 11 is 0. The molecule has 1 aliphatic carbocycles. The molecule has 24 heavy (non-hydrogen) atoms. The van der Waals surface area contributed by atoms with Crippen LogP contribution in [0.1, 0.15) is 58.6 Å². The normalized spacial score (nSPS) is 14.8. The summed E-state index contributed by atoms with van der Waals surface area (Å²) in [7, 11) is 0. The number of hydrogen-bond acceptors (Lipinski definition) is 4. The van der Waals surface area contributed by atoms with Gasteiger partial charge in [0.15, 0.2) is 5.69 Å². The zero-order valence-electron chi connectivity index (χ0n) is 14.5. The lowest BCUT2D eigenvalue weighted by Crippen LogP contribution is -2.33. The molecular formula is C19H24N2O3. The number of benzene rings is 1. The van der Waals surface area contributed by atoms with Crippen LogP contribution in [0.25, 0.3) is 0 Å². The fourth-order valence-electron chi connectivity index (χ4n) is 3.09. The summed E-state index contributed by atoms with van der Waals surface area (Å²) in [5.41, 5.74) is 3.33. The predicted octanol–water partition coefficient (Wildman–Crippen LogP) is 3.85. The van der Waals surface area contributed by atoms with Crippen molar-refractivity contribution in [3.8, 4) is 5.75 Å². The molecule has 1 aromatic heterocycles. The highest BCUT2D eigenvalue weighted by Gasteiger charge is 2.24. The minimum atomic E-state index is -0.168. The lowest BCUT2D eigenvalue weighted by Gasteiger charge is -2.13. The van der Waals surface area contributed by atoms with Gasteiger partial charge in [-0.1, -0.05) is 30.1 Å². The number of carbonyl (C=O) groups is 1. The SMILES string of the molecule is Cc1cccc(OCc2c(C(=O)NC3CCCC3)noc2C)c1C. The van der Waals surface area contributed by atoms with Crippen LogP contribution in [0.3, 0.4) is 0 Å². The molecule has 1 aliphatic rings. The number of aryl methyl sites for hydroxylation is 2. The average molecular weight is 328 g/mol. The second-order valence-electron chi connectivity index (χ2n) is 6.51. The third-order valence-corrected chi connectivity index (χ3v) is 4.82. The molecule has 2 aromatic rings. The van der Waals surface area contributed by atoms with E-state index in [1.165, 1.54) is 18.4 Å². The van der Waals surface area contributed by atoms with Crippen molar-refractivity contribution in [2.24, 2.45) is 0 Å². The van der Waals surface area contributed by atoms with Crippen molar-refractivity contribution < 1.29 is 14.1 Å². The van der Waals surface area contributed by atoms with E-state index < -0.39 is 0 Å². The summed E-state index contributed by atoms with van der Waals surface area (Å²) in [5, 5.41) is 6.99. The third kappa shape index (κ3) is 3.45. The number of rotatable bonds is 5. The summed E-state index contributed by atoms with van der Waals surface area (Å²) in [6, 6.07) is 6.20. The van der Waals surface area contributed by atoms with Crippen molar-refractivity contribution in [1.82, 2.24) is 10.5 Å². The molecule has 5 nitrogen and oxygen atoms in total. The standard InChI is InChI=1S/C19H24N2O3/c1-12-7-6-10-17(13(12)2)23-11-16-14(3)24-21-18(16)19(22)20-15-8-4-5-9-15/h6-7,10,15H,4-5,8-9,11H2,1-3H3,(H,20,22). The lowest BCUT2D eigenvalue weighted by atomic mass is 10.1. The van der Waals surface area contributed by atoms with Crippen LogP contribution in [0, 0.1) is 20.8 Å². The fourth-order valence-corrected chi connectivity index (χ4v) is 3.09. The number of nitrogens with one attached hydrogen (secondary N) is 1. The molecule has 0 unspecified atom stereocenters. The van der Waals surface area contributed by atoms with Crippen LogP contribution in [0.15, 0.2) is 22.7 Å². The van der Waals surface area contributed by atoms with E-state index in [-0.39, 0.29) is 18.6 Å². The molecule has 1 heterocycles. The topological polar surface area (TPSA) is 64.4 Å². The number of amides is 1. The highest BCUT2D eigenvalue weighted by Crippen LogP contribution is 2.24. The van der Waals surface area contributed by atoms with Crippen molar-refractivity contribution in [2.75, 3.05) is 0 Å². The van der Waals surface area contributed by atoms with Gasteiger partial charge >= 0.3 is 0 Å². The van der Waals surface area contributed by atoms with Gasteiger partial charge in [0, 0.05) is 6.04 Å². The molecule has 1 saturated carbocycles. The molecule has 0 atom stereocenters. The number of nitrogens with zero attached hydrogens (tertiary/aromatic N) is 1. The largest absolute Gasteiger partial charge is 0.488 e. The third-order valence-electron chi connectivity index (χ3n) is 4.82. The van der Waals surface area contributed by atoms with Gasteiger partial charge in [-0.15, -0.1) is 0 Å². The summed E-state index contributed by atoms with van der Waals surface area (Å²) in [6.07, 6.45) is 4.42. The summed E-state index contributed by atoms with van der Waals surface area (Å²) < 4.78 is 11.2. The van der Waals surface area contributed by atoms with E-state index in [0.717, 1.165) is 24.2 Å². The zero-order valence-corrected chi connectivity index (χ0v) is 14.5. The van der Waals surface area contributed by atoms with E-state index in [2.05, 4.69) is 10.5 Å². The van der Waals surface area contributed by atoms with Crippen LogP contribution in [-0.4, -0.2) is 17.1 Å². The van der Waals surface area contributed by atoms with Crippen LogP contribution < -0.4 is 10.1 Å². The van der Waals surface area contributed by atoms with Gasteiger partial charge < -0.3 is 14.6 Å². The van der Waals surface area contributed by atoms with Crippen molar-refractivity contribution in [2.45, 2.75) is 59.1 Å². The van der Waals surface area contributed by atoms with Gasteiger partial charge in [0.05, 0.1) is 5.56 Å². The fraction of sp³-hybridized carbons (Fsp3) is 0.474. The smallest absolute Gasteiger partial charge is 0.274 e. The van der Waals surface area contributed by atoms with Crippen LogP contribution in [0.5, 0.6) is 5.75 Å². The highest BCUT2D eigenvalue weighted by molar-refractivity contribution is 5.94. The Balaban J connectivity index is 1.72. The van der Waals surface area contributed by atoms with E-state index in [1.807, 2.05) is 32.0 Å². The predicted molar refractivity (Wildman–Crippen MR) is 91.2 cm³/mol. The summed E-state index contributed by atoms with van der Waals surface area (Å²) in [4.78, 5) is 12.5. The van der Waals surface area contributed by atoms with Gasteiger partial charge in [0.25, 0.3) is 5.91 Å². The van der Waals surface area contributed by atoms with Gasteiger partial charge in [-0.2, -0.15) is 0 Å². The van der Waals surface area contributed by atoms with E-state index in [0.29, 0.717) is 17.0 Å². The second kappa shape index (κ2) is 7.07. The minimum absolute atomic E-state index is 0.168. The van der Waals surface area contributed by atoms with E-state index >= 15 is 0 Å². The Hall–Kier alpha value is -2.30. The molecule has 0 radical (unpaired) electrons. The van der Waals surface area contributed by atoms with Crippen molar-refractivity contribution >= 4 is 5.91 Å². The van der Waals surface area contributed by atoms with E-state index in [9.17, 15) is 4.79 Å². The molecule has 1 fully saturated rings. The van der Waals surface area contributed by atoms with Crippen molar-refractivity contribution in [3.05, 3.63) is 46.3 Å². The number of hydrogen-bond donors (Lipinski definition) is 1. The van der Waals surface area contributed by atoms with Crippen LogP contribution in [-0.2, 0) is 6.61 Å². The number of ether oxygens (including phenoxy) is 1. The zero-order chi connectivity index (χ0) is 17.1. The Labute approximate surface area is 142 Å². The van der Waals surface area contributed by atoms with E-state index in [1.54, 1.807) is 6.92 Å². The van der Waals surface area contributed by atoms with Crippen LogP contribution in [0.4, 0.5) is 0 Å². The molecule has 5 heteroatoms. The Morgan fingerprint density at radius 2 is 2.04 bits per heavy atom. The van der Waals surface area contributed by atoms with Gasteiger partial charge in [-0.05, 0) is 50.8 Å². The maximum absolute atomic E-state index is 12.5. The monoisotopic (exact) mass is 328 g/mol. The minimum Gasteiger partial charge on any atom is -0.488 e. The summed E-state index contributed by atoms with van der Waals surface area (Å²) in [6.45, 7) is 6.15. The molecule has 0 saturated heterocycles. The first-order valence-corrected chi connectivity index (χ1v) is 8.51. The average Bonchev–Trinajstić information content (AvgIpc) is 3.19. The molecule has 3 rings (SSSR count). The molecule has 128 valence electrons. The van der Waals surface area contributed by atoms with Gasteiger partial charge in [-0.3, -0.25) is 4.79 Å². The Bertz CT molecular complexity index is 730. The molecule has 0 bridgehead atoms. The first-order valence-electron chi connectivity index (χ1n) is 8.51. The maximum atomic E-state index is 12.5. The van der Waals surface area contributed by atoms with Crippen LogP contribution >= 0.6 is 0 Å². The van der Waals surface area contributed by atoms with Crippen molar-refractivity contribution in [3.63, 3.8) is 0 Å². The molecule has 1 amide bonds. The quantitative estimate of drug-likeness (QED) is 0.905. The van der Waals surface area contributed by atoms with E-state index in [4.69, 9.17) is 9.26 Å². The molecule has 0 aliphatic heterocycles. The van der Waals surface area contributed by atoms with Gasteiger partial charge in [-0.25, -0.2) is 0 Å². The summed E-state index contributed by atoms with van der Waals surface area (Å²) in [5.74, 6) is 1.27. The van der Waals surface area contributed by atoms with Crippen molar-refractivity contribution in [1.29, 1.82) is 0 Å². The Morgan fingerprint density at radius 3 is 2.79 bits per heavy atom. The maximum Gasteiger partial charge on any atom is 0.274 e. The molecule has 0 spiro atoms.